The minimum atomic E-state index is -7.89. The predicted octanol–water partition coefficient (Wildman–Crippen LogP) is 2.57. The molecule has 8 nitrogen and oxygen atoms in total. The summed E-state index contributed by atoms with van der Waals surface area (Å²) in [6.07, 6.45) is -7.99. The summed E-state index contributed by atoms with van der Waals surface area (Å²) in [4.78, 5) is 0. The second-order valence-electron chi connectivity index (χ2n) is 6.81. The Bertz CT molecular complexity index is 1070. The second kappa shape index (κ2) is 8.80. The number of hydrogen-bond donors (Lipinski definition) is 1. The van der Waals surface area contributed by atoms with Crippen molar-refractivity contribution in [2.45, 2.75) is 47.4 Å². The third-order valence-corrected chi connectivity index (χ3v) is 9.60. The lowest BCUT2D eigenvalue weighted by atomic mass is 9.94. The van der Waals surface area contributed by atoms with Gasteiger partial charge in [-0.25, -0.2) is 25.3 Å². The number of alkyl halides is 12. The Morgan fingerprint density at radius 1 is 0.676 bits per heavy atom. The maximum Gasteiger partial charge on any atom is 0.512 e. The normalized spacial score (nSPS) is 19.4. The van der Waals surface area contributed by atoms with Crippen LogP contribution in [0.2, 0.25) is 0 Å². The van der Waals surface area contributed by atoms with E-state index in [9.17, 15) is 77.9 Å². The minimum absolute atomic E-state index is 0.629. The highest BCUT2D eigenvalue weighted by Crippen LogP contribution is 2.52. The van der Waals surface area contributed by atoms with Gasteiger partial charge in [-0.3, -0.25) is 0 Å². The first kappa shape index (κ1) is 31.0. The van der Waals surface area contributed by atoms with Crippen LogP contribution in [-0.2, 0) is 30.1 Å². The van der Waals surface area contributed by atoms with Crippen molar-refractivity contribution in [3.8, 4) is 0 Å². The molecule has 1 heterocycles. The van der Waals surface area contributed by atoms with Crippen molar-refractivity contribution in [3.63, 3.8) is 0 Å². The van der Waals surface area contributed by atoms with Gasteiger partial charge in [0.1, 0.15) is 0 Å². The van der Waals surface area contributed by atoms with E-state index in [0.29, 0.717) is 0 Å². The molecule has 0 bridgehead atoms. The number of halogens is 12. The van der Waals surface area contributed by atoms with E-state index in [1.54, 1.807) is 0 Å². The van der Waals surface area contributed by atoms with E-state index in [1.165, 1.54) is 0 Å². The molecule has 1 saturated heterocycles. The van der Waals surface area contributed by atoms with Crippen molar-refractivity contribution < 1.29 is 77.9 Å². The van der Waals surface area contributed by atoms with Crippen LogP contribution in [0.15, 0.2) is 0 Å². The van der Waals surface area contributed by atoms with Gasteiger partial charge in [0.25, 0.3) is 20.0 Å². The molecule has 23 heteroatoms. The third kappa shape index (κ3) is 5.51. The molecule has 1 N–H and O–H groups in total. The molecule has 1 rings (SSSR count). The molecular formula is C11H12F12N2O6S3. The van der Waals surface area contributed by atoms with E-state index >= 15 is 0 Å². The Kier molecular flexibility index (Phi) is 8.01. The van der Waals surface area contributed by atoms with E-state index < -0.39 is 105 Å². The molecule has 0 radical (unpaired) electrons. The number of nitrogens with one attached hydrogen (secondary N) is 1. The molecular weight excluding hydrogens is 580 g/mol. The fourth-order valence-electron chi connectivity index (χ4n) is 2.59. The van der Waals surface area contributed by atoms with Crippen LogP contribution < -0.4 is 4.13 Å². The smallest absolute Gasteiger partial charge is 0.206 e. The first-order chi connectivity index (χ1) is 14.6. The molecule has 0 saturated carbocycles. The van der Waals surface area contributed by atoms with E-state index in [0.717, 1.165) is 0 Å². The van der Waals surface area contributed by atoms with Gasteiger partial charge in [-0.2, -0.15) is 57.0 Å². The molecule has 0 aliphatic carbocycles. The van der Waals surface area contributed by atoms with Gasteiger partial charge in [-0.05, 0) is 18.8 Å². The average molecular weight is 592 g/mol. The van der Waals surface area contributed by atoms with Crippen LogP contribution in [0, 0.1) is 5.92 Å². The minimum Gasteiger partial charge on any atom is -0.206 e. The molecule has 1 fully saturated rings. The van der Waals surface area contributed by atoms with Gasteiger partial charge in [0.05, 0.1) is 0 Å². The summed E-state index contributed by atoms with van der Waals surface area (Å²) in [6.45, 7) is -2.62. The summed E-state index contributed by atoms with van der Waals surface area (Å²) in [7, 11) is -22.2. The van der Waals surface area contributed by atoms with E-state index in [2.05, 4.69) is 0 Å². The van der Waals surface area contributed by atoms with E-state index in [1.807, 2.05) is 0 Å². The average Bonchev–Trinajstić information content (AvgIpc) is 2.58. The lowest BCUT2D eigenvalue weighted by molar-refractivity contribution is -0.245. The molecule has 1 aliphatic rings. The Morgan fingerprint density at radius 2 is 1.09 bits per heavy atom. The largest absolute Gasteiger partial charge is 0.512 e. The van der Waals surface area contributed by atoms with Crippen LogP contribution >= 0.6 is 0 Å². The van der Waals surface area contributed by atoms with Gasteiger partial charge in [0, 0.05) is 19.5 Å². The maximum atomic E-state index is 14.1. The van der Waals surface area contributed by atoms with Gasteiger partial charge in [-0.15, -0.1) is 0 Å². The van der Waals surface area contributed by atoms with Crippen LogP contribution in [-0.4, -0.2) is 70.8 Å². The lowest BCUT2D eigenvalue weighted by Gasteiger charge is -2.37. The summed E-state index contributed by atoms with van der Waals surface area (Å²) in [5.74, 6) is -8.94. The summed E-state index contributed by atoms with van der Waals surface area (Å²) < 4.78 is 223. The summed E-state index contributed by atoms with van der Waals surface area (Å²) in [6, 6.07) is 0. The van der Waals surface area contributed by atoms with E-state index in [4.69, 9.17) is 0 Å². The molecule has 0 unspecified atom stereocenters. The molecule has 1 aliphatic heterocycles. The molecule has 34 heavy (non-hydrogen) atoms. The van der Waals surface area contributed by atoms with Crippen molar-refractivity contribution in [3.05, 3.63) is 0 Å². The molecule has 0 spiro atoms. The van der Waals surface area contributed by atoms with Gasteiger partial charge in [0.2, 0.25) is 0 Å². The highest BCUT2D eigenvalue weighted by Gasteiger charge is 2.83. The predicted molar refractivity (Wildman–Crippen MR) is 85.8 cm³/mol. The monoisotopic (exact) mass is 592 g/mol. The molecule has 204 valence electrons. The summed E-state index contributed by atoms with van der Waals surface area (Å²) in [5.41, 5.74) is -6.69. The Morgan fingerprint density at radius 3 is 1.44 bits per heavy atom. The van der Waals surface area contributed by atoms with E-state index in [-0.39, 0.29) is 0 Å². The second-order valence-corrected chi connectivity index (χ2v) is 12.4. The molecule has 0 atom stereocenters. The highest BCUT2D eigenvalue weighted by molar-refractivity contribution is 8.05. The Labute approximate surface area is 183 Å². The summed E-state index contributed by atoms with van der Waals surface area (Å²) in [5, 5.41) is -14.6. The van der Waals surface area contributed by atoms with Crippen molar-refractivity contribution in [2.75, 3.05) is 13.1 Å². The molecule has 0 aromatic rings. The number of sulfonamides is 3. The van der Waals surface area contributed by atoms with Gasteiger partial charge in [0.15, 0.2) is 0 Å². The summed E-state index contributed by atoms with van der Waals surface area (Å²) >= 11 is 0. The van der Waals surface area contributed by atoms with Crippen LogP contribution in [0.25, 0.3) is 0 Å². The van der Waals surface area contributed by atoms with Crippen molar-refractivity contribution in [1.29, 1.82) is 0 Å². The number of hydrogen-bond acceptors (Lipinski definition) is 6. The van der Waals surface area contributed by atoms with Crippen molar-refractivity contribution in [1.82, 2.24) is 8.43 Å². The van der Waals surface area contributed by atoms with Crippen molar-refractivity contribution in [2.24, 2.45) is 5.92 Å². The number of nitrogens with zero attached hydrogens (tertiary/aromatic N) is 1. The number of rotatable bonds is 8. The SMILES string of the molecule is O=S(=O)(NS(=O)(=O)C(F)(F)C(F)(F)C(F)(F)S(=O)(=O)N1CCC(CC(F)(F)F)CC1)C(F)(F)F. The lowest BCUT2D eigenvalue weighted by Crippen LogP contribution is -2.65. The topological polar surface area (TPSA) is 118 Å². The van der Waals surface area contributed by atoms with Crippen LogP contribution in [0.3, 0.4) is 0 Å². The Balaban J connectivity index is 3.31. The van der Waals surface area contributed by atoms with Crippen LogP contribution in [0.1, 0.15) is 19.3 Å². The fraction of sp³-hybridized carbons (Fsp3) is 1.00. The van der Waals surface area contributed by atoms with Gasteiger partial charge in [-0.1, -0.05) is 4.13 Å². The zero-order chi connectivity index (χ0) is 27.4. The fourth-order valence-corrected chi connectivity index (χ4v) is 6.54. The van der Waals surface area contributed by atoms with Crippen molar-refractivity contribution >= 4 is 30.1 Å². The first-order valence-electron chi connectivity index (χ1n) is 8.18. The quantitative estimate of drug-likeness (QED) is 0.433. The Hall–Kier alpha value is -1.07. The first-order valence-corrected chi connectivity index (χ1v) is 12.6. The molecule has 0 aromatic heterocycles. The third-order valence-electron chi connectivity index (χ3n) is 4.35. The van der Waals surface area contributed by atoms with Crippen LogP contribution in [0.4, 0.5) is 52.7 Å². The zero-order valence-electron chi connectivity index (χ0n) is 15.8. The highest BCUT2D eigenvalue weighted by atomic mass is 32.3. The standard InChI is InChI=1S/C11H12F12N2O6S3/c12-7(13,14)5-6-1-3-25(4-2-6)34(30,31)10(19,20)8(15,16)9(17,18)32(26,27)24-33(28,29)11(21,22)23/h6,24H,1-5H2. The zero-order valence-corrected chi connectivity index (χ0v) is 18.2. The number of piperidine rings is 1. The molecule has 0 amide bonds. The van der Waals surface area contributed by atoms with Gasteiger partial charge >= 0.3 is 38.1 Å². The maximum absolute atomic E-state index is 14.1. The van der Waals surface area contributed by atoms with Gasteiger partial charge < -0.3 is 0 Å². The molecule has 0 aromatic carbocycles. The van der Waals surface area contributed by atoms with Crippen LogP contribution in [0.5, 0.6) is 0 Å².